The summed E-state index contributed by atoms with van der Waals surface area (Å²) < 4.78 is 31.1. The molecule has 0 amide bonds. The van der Waals surface area contributed by atoms with E-state index in [2.05, 4.69) is 15.9 Å². The van der Waals surface area contributed by atoms with E-state index in [4.69, 9.17) is 0 Å². The zero-order valence-electron chi connectivity index (χ0n) is 13.7. The first kappa shape index (κ1) is 16.4. The number of nitrogens with one attached hydrogen (secondary N) is 1. The van der Waals surface area contributed by atoms with Gasteiger partial charge in [0.05, 0.1) is 17.8 Å². The van der Waals surface area contributed by atoms with Crippen LogP contribution in [-0.4, -0.2) is 35.6 Å². The zero-order chi connectivity index (χ0) is 16.4. The lowest BCUT2D eigenvalue weighted by Crippen LogP contribution is -2.41. The van der Waals surface area contributed by atoms with Crippen LogP contribution in [0.1, 0.15) is 36.9 Å². The Balaban J connectivity index is 1.78. The number of aromatic nitrogens is 2. The molecule has 1 aromatic carbocycles. The Hall–Kier alpha value is -1.44. The summed E-state index contributed by atoms with van der Waals surface area (Å²) in [4.78, 5) is 0. The van der Waals surface area contributed by atoms with Gasteiger partial charge < -0.3 is 0 Å². The molecule has 0 radical (unpaired) electrons. The normalized spacial score (nSPS) is 17.5. The smallest absolute Gasteiger partial charge is 0.268 e. The van der Waals surface area contributed by atoms with Crippen molar-refractivity contribution in [2.24, 2.45) is 7.05 Å². The van der Waals surface area contributed by atoms with Gasteiger partial charge in [-0.25, -0.2) is 0 Å². The number of benzene rings is 1. The summed E-state index contributed by atoms with van der Waals surface area (Å²) in [6, 6.07) is 6.11. The van der Waals surface area contributed by atoms with E-state index in [-0.39, 0.29) is 6.54 Å². The molecule has 1 saturated heterocycles. The number of hydrogen-bond donors (Lipinski definition) is 1. The molecule has 7 heteroatoms. The monoisotopic (exact) mass is 336 g/mol. The summed E-state index contributed by atoms with van der Waals surface area (Å²) in [6.07, 6.45) is 4.09. The van der Waals surface area contributed by atoms with E-state index in [1.54, 1.807) is 8.99 Å². The van der Waals surface area contributed by atoms with E-state index in [0.29, 0.717) is 13.1 Å². The molecule has 1 aliphatic rings. The Bertz CT molecular complexity index is 790. The van der Waals surface area contributed by atoms with Gasteiger partial charge in [0, 0.05) is 25.5 Å². The van der Waals surface area contributed by atoms with Crippen molar-refractivity contribution in [1.29, 1.82) is 0 Å². The number of rotatable bonds is 4. The quantitative estimate of drug-likeness (QED) is 0.930. The molecule has 0 unspecified atom stereocenters. The third kappa shape index (κ3) is 3.57. The fraction of sp³-hybridized carbons (Fsp3) is 0.562. The Morgan fingerprint density at radius 3 is 2.57 bits per heavy atom. The lowest BCUT2D eigenvalue weighted by Gasteiger charge is -2.19. The van der Waals surface area contributed by atoms with Crippen LogP contribution in [0.5, 0.6) is 0 Å². The molecule has 126 valence electrons. The highest BCUT2D eigenvalue weighted by atomic mass is 32.2. The highest BCUT2D eigenvalue weighted by Gasteiger charge is 2.23. The molecule has 6 nitrogen and oxygen atoms in total. The minimum atomic E-state index is -3.44. The predicted octanol–water partition coefficient (Wildman–Crippen LogP) is 2.09. The van der Waals surface area contributed by atoms with Crippen molar-refractivity contribution in [2.45, 2.75) is 39.2 Å². The van der Waals surface area contributed by atoms with E-state index in [1.165, 1.54) is 0 Å². The van der Waals surface area contributed by atoms with Gasteiger partial charge in [-0.05, 0) is 31.9 Å². The van der Waals surface area contributed by atoms with Crippen LogP contribution in [-0.2, 0) is 23.8 Å². The van der Waals surface area contributed by atoms with Gasteiger partial charge >= 0.3 is 0 Å². The van der Waals surface area contributed by atoms with Gasteiger partial charge in [0.25, 0.3) is 10.2 Å². The SMILES string of the molecule is Cc1ccc2c(c1)c(CNS(=O)(=O)N1CCCCCC1)nn2C. The van der Waals surface area contributed by atoms with Gasteiger partial charge in [0.2, 0.25) is 0 Å². The number of fused-ring (bicyclic) bond motifs is 1. The fourth-order valence-corrected chi connectivity index (χ4v) is 4.36. The van der Waals surface area contributed by atoms with Gasteiger partial charge in [-0.3, -0.25) is 4.68 Å². The maximum absolute atomic E-state index is 12.5. The van der Waals surface area contributed by atoms with Crippen LogP contribution in [0.2, 0.25) is 0 Å². The van der Waals surface area contributed by atoms with Crippen molar-refractivity contribution in [3.63, 3.8) is 0 Å². The number of aryl methyl sites for hydroxylation is 2. The minimum Gasteiger partial charge on any atom is -0.268 e. The molecule has 0 bridgehead atoms. The maximum Gasteiger partial charge on any atom is 0.279 e. The summed E-state index contributed by atoms with van der Waals surface area (Å²) in [5.74, 6) is 0. The lowest BCUT2D eigenvalue weighted by molar-refractivity contribution is 0.414. The summed E-state index contributed by atoms with van der Waals surface area (Å²) in [6.45, 7) is 3.46. The maximum atomic E-state index is 12.5. The lowest BCUT2D eigenvalue weighted by atomic mass is 10.1. The molecule has 0 atom stereocenters. The third-order valence-corrected chi connectivity index (χ3v) is 5.96. The first-order chi connectivity index (χ1) is 11.0. The van der Waals surface area contributed by atoms with E-state index in [9.17, 15) is 8.42 Å². The van der Waals surface area contributed by atoms with Crippen molar-refractivity contribution in [1.82, 2.24) is 18.8 Å². The summed E-state index contributed by atoms with van der Waals surface area (Å²) in [5.41, 5.74) is 2.92. The van der Waals surface area contributed by atoms with Crippen LogP contribution in [0.3, 0.4) is 0 Å². The van der Waals surface area contributed by atoms with Gasteiger partial charge in [-0.15, -0.1) is 0 Å². The average Bonchev–Trinajstić information content (AvgIpc) is 2.71. The Labute approximate surface area is 137 Å². The molecule has 1 N–H and O–H groups in total. The second kappa shape index (κ2) is 6.59. The number of nitrogens with zero attached hydrogens (tertiary/aromatic N) is 3. The highest BCUT2D eigenvalue weighted by Crippen LogP contribution is 2.20. The Kier molecular flexibility index (Phi) is 4.70. The molecule has 0 saturated carbocycles. The van der Waals surface area contributed by atoms with E-state index in [0.717, 1.165) is 47.8 Å². The van der Waals surface area contributed by atoms with Crippen LogP contribution in [0.15, 0.2) is 18.2 Å². The van der Waals surface area contributed by atoms with E-state index < -0.39 is 10.2 Å². The van der Waals surface area contributed by atoms with Crippen LogP contribution in [0, 0.1) is 6.92 Å². The molecular formula is C16H24N4O2S. The van der Waals surface area contributed by atoms with Gasteiger partial charge in [-0.1, -0.05) is 24.5 Å². The van der Waals surface area contributed by atoms with E-state index in [1.807, 2.05) is 26.1 Å². The second-order valence-electron chi connectivity index (χ2n) is 6.23. The van der Waals surface area contributed by atoms with Crippen molar-refractivity contribution >= 4 is 21.1 Å². The average molecular weight is 336 g/mol. The molecule has 0 spiro atoms. The first-order valence-electron chi connectivity index (χ1n) is 8.14. The van der Waals surface area contributed by atoms with Gasteiger partial charge in [0.1, 0.15) is 0 Å². The molecule has 0 aliphatic carbocycles. The molecule has 2 heterocycles. The Morgan fingerprint density at radius 2 is 1.87 bits per heavy atom. The van der Waals surface area contributed by atoms with Crippen LogP contribution < -0.4 is 4.72 Å². The largest absolute Gasteiger partial charge is 0.279 e. The highest BCUT2D eigenvalue weighted by molar-refractivity contribution is 7.87. The zero-order valence-corrected chi connectivity index (χ0v) is 14.6. The summed E-state index contributed by atoms with van der Waals surface area (Å²) >= 11 is 0. The van der Waals surface area contributed by atoms with Crippen molar-refractivity contribution in [2.75, 3.05) is 13.1 Å². The predicted molar refractivity (Wildman–Crippen MR) is 91.3 cm³/mol. The third-order valence-electron chi connectivity index (χ3n) is 4.41. The first-order valence-corrected chi connectivity index (χ1v) is 9.58. The number of hydrogen-bond acceptors (Lipinski definition) is 3. The molecule has 3 rings (SSSR count). The topological polar surface area (TPSA) is 67.2 Å². The standard InChI is InChI=1S/C16H24N4O2S/c1-13-7-8-16-14(11-13)15(18-19(16)2)12-17-23(21,22)20-9-5-3-4-6-10-20/h7-8,11,17H,3-6,9-10,12H2,1-2H3. The van der Waals surface area contributed by atoms with Crippen LogP contribution in [0.25, 0.3) is 10.9 Å². The molecular weight excluding hydrogens is 312 g/mol. The summed E-state index contributed by atoms with van der Waals surface area (Å²) in [5, 5.41) is 5.47. The van der Waals surface area contributed by atoms with E-state index >= 15 is 0 Å². The molecule has 1 aromatic heterocycles. The van der Waals surface area contributed by atoms with Gasteiger partial charge in [-0.2, -0.15) is 22.5 Å². The van der Waals surface area contributed by atoms with Gasteiger partial charge in [0.15, 0.2) is 0 Å². The Morgan fingerprint density at radius 1 is 1.17 bits per heavy atom. The molecule has 1 aliphatic heterocycles. The molecule has 2 aromatic rings. The van der Waals surface area contributed by atoms with Crippen LogP contribution >= 0.6 is 0 Å². The summed E-state index contributed by atoms with van der Waals surface area (Å²) in [7, 11) is -1.56. The van der Waals surface area contributed by atoms with Crippen molar-refractivity contribution in [3.8, 4) is 0 Å². The fourth-order valence-electron chi connectivity index (χ4n) is 3.12. The van der Waals surface area contributed by atoms with Crippen molar-refractivity contribution < 1.29 is 8.42 Å². The van der Waals surface area contributed by atoms with Crippen molar-refractivity contribution in [3.05, 3.63) is 29.5 Å². The second-order valence-corrected chi connectivity index (χ2v) is 7.99. The van der Waals surface area contributed by atoms with Crippen LogP contribution in [0.4, 0.5) is 0 Å². The molecule has 23 heavy (non-hydrogen) atoms. The molecule has 1 fully saturated rings. The minimum absolute atomic E-state index is 0.222.